The summed E-state index contributed by atoms with van der Waals surface area (Å²) in [7, 11) is 0. The zero-order valence-electron chi connectivity index (χ0n) is 10.00. The number of nitrogens with zero attached hydrogens (tertiary/aromatic N) is 1. The van der Waals surface area contributed by atoms with Crippen molar-refractivity contribution in [3.8, 4) is 0 Å². The minimum absolute atomic E-state index is 0.0797. The summed E-state index contributed by atoms with van der Waals surface area (Å²) >= 11 is 7.42. The zero-order chi connectivity index (χ0) is 13.0. The second-order valence-electron chi connectivity index (χ2n) is 3.93. The highest BCUT2D eigenvalue weighted by molar-refractivity contribution is 8.14. The summed E-state index contributed by atoms with van der Waals surface area (Å²) in [5, 5.41) is 7.29. The molecule has 0 atom stereocenters. The van der Waals surface area contributed by atoms with Crippen molar-refractivity contribution in [3.05, 3.63) is 28.8 Å². The van der Waals surface area contributed by atoms with Crippen molar-refractivity contribution in [2.24, 2.45) is 4.99 Å². The Labute approximate surface area is 115 Å². The van der Waals surface area contributed by atoms with Gasteiger partial charge in [0.15, 0.2) is 5.17 Å². The first-order valence-electron chi connectivity index (χ1n) is 5.62. The van der Waals surface area contributed by atoms with Crippen molar-refractivity contribution < 1.29 is 4.79 Å². The summed E-state index contributed by atoms with van der Waals surface area (Å²) in [5.74, 6) is 0.250. The number of nitrogens with one attached hydrogen (secondary N) is 2. The minimum atomic E-state index is -0.0797. The van der Waals surface area contributed by atoms with E-state index in [9.17, 15) is 4.79 Å². The molecule has 0 saturated carbocycles. The van der Waals surface area contributed by atoms with E-state index in [4.69, 9.17) is 11.6 Å². The Morgan fingerprint density at radius 3 is 3.17 bits per heavy atom. The van der Waals surface area contributed by atoms with Crippen molar-refractivity contribution >= 4 is 40.1 Å². The van der Waals surface area contributed by atoms with Crippen LogP contribution in [0.2, 0.25) is 5.02 Å². The first-order valence-corrected chi connectivity index (χ1v) is 6.98. The van der Waals surface area contributed by atoms with Gasteiger partial charge in [-0.15, -0.1) is 0 Å². The Bertz CT molecular complexity index is 490. The fourth-order valence-electron chi connectivity index (χ4n) is 1.53. The number of benzene rings is 1. The van der Waals surface area contributed by atoms with Crippen LogP contribution in [0.3, 0.4) is 0 Å². The number of carbonyl (C=O) groups is 1. The van der Waals surface area contributed by atoms with Gasteiger partial charge in [-0.25, -0.2) is 0 Å². The molecular formula is C12H14ClN3OS. The third kappa shape index (κ3) is 3.65. The molecule has 0 aromatic heterocycles. The normalized spacial score (nSPS) is 14.0. The molecule has 1 amide bonds. The number of amidine groups is 1. The number of anilines is 1. The molecule has 4 nitrogen and oxygen atoms in total. The Balaban J connectivity index is 1.88. The minimum Gasteiger partial charge on any atom is -0.363 e. The zero-order valence-corrected chi connectivity index (χ0v) is 11.6. The van der Waals surface area contributed by atoms with Crippen LogP contribution in [0.15, 0.2) is 23.2 Å². The first-order chi connectivity index (χ1) is 8.65. The van der Waals surface area contributed by atoms with Gasteiger partial charge in [0.25, 0.3) is 0 Å². The number of amides is 1. The molecule has 0 unspecified atom stereocenters. The van der Waals surface area contributed by atoms with Crippen molar-refractivity contribution in [1.29, 1.82) is 0 Å². The lowest BCUT2D eigenvalue weighted by Crippen LogP contribution is -2.20. The number of hydrogen-bond donors (Lipinski definition) is 2. The third-order valence-electron chi connectivity index (χ3n) is 2.38. The number of hydrogen-bond acceptors (Lipinski definition) is 4. The molecule has 1 heterocycles. The molecule has 0 aliphatic carbocycles. The number of aryl methyl sites for hydroxylation is 1. The Morgan fingerprint density at radius 1 is 1.61 bits per heavy atom. The molecule has 2 rings (SSSR count). The van der Waals surface area contributed by atoms with E-state index in [0.717, 1.165) is 23.8 Å². The lowest BCUT2D eigenvalue weighted by molar-refractivity contribution is -0.113. The molecule has 2 N–H and O–H groups in total. The van der Waals surface area contributed by atoms with Crippen molar-refractivity contribution in [2.45, 2.75) is 6.92 Å². The molecule has 0 fully saturated rings. The van der Waals surface area contributed by atoms with Crippen LogP contribution in [-0.2, 0) is 4.79 Å². The second kappa shape index (κ2) is 6.11. The SMILES string of the molecule is Cc1ccc(Cl)c(NC(=O)CSC2=NCCN2)c1. The molecule has 0 radical (unpaired) electrons. The molecule has 6 heteroatoms. The Hall–Kier alpha value is -1.20. The van der Waals surface area contributed by atoms with Gasteiger partial charge in [0.05, 0.1) is 23.0 Å². The Morgan fingerprint density at radius 2 is 2.44 bits per heavy atom. The molecule has 1 aliphatic rings. The topological polar surface area (TPSA) is 53.5 Å². The van der Waals surface area contributed by atoms with Gasteiger partial charge in [-0.05, 0) is 24.6 Å². The summed E-state index contributed by atoms with van der Waals surface area (Å²) in [6, 6.07) is 5.54. The van der Waals surface area contributed by atoms with Gasteiger partial charge >= 0.3 is 0 Å². The maximum atomic E-state index is 11.8. The van der Waals surface area contributed by atoms with E-state index >= 15 is 0 Å². The smallest absolute Gasteiger partial charge is 0.234 e. The molecule has 1 aromatic rings. The van der Waals surface area contributed by atoms with Gasteiger partial charge in [-0.2, -0.15) is 0 Å². The van der Waals surface area contributed by atoms with Crippen LogP contribution in [-0.4, -0.2) is 29.9 Å². The molecule has 96 valence electrons. The van der Waals surface area contributed by atoms with Crippen molar-refractivity contribution in [2.75, 3.05) is 24.2 Å². The number of halogens is 1. The van der Waals surface area contributed by atoms with Gasteiger partial charge in [0, 0.05) is 6.54 Å². The van der Waals surface area contributed by atoms with E-state index in [0.29, 0.717) is 16.5 Å². The lowest BCUT2D eigenvalue weighted by Gasteiger charge is -2.08. The predicted molar refractivity (Wildman–Crippen MR) is 77.6 cm³/mol. The number of rotatable bonds is 3. The van der Waals surface area contributed by atoms with E-state index in [1.165, 1.54) is 11.8 Å². The predicted octanol–water partition coefficient (Wildman–Crippen LogP) is 2.28. The molecule has 18 heavy (non-hydrogen) atoms. The average Bonchev–Trinajstić information content (AvgIpc) is 2.84. The van der Waals surface area contributed by atoms with Gasteiger partial charge in [0.1, 0.15) is 0 Å². The second-order valence-corrected chi connectivity index (χ2v) is 5.31. The monoisotopic (exact) mass is 283 g/mol. The standard InChI is InChI=1S/C12H14ClN3OS/c1-8-2-3-9(13)10(6-8)16-11(17)7-18-12-14-4-5-15-12/h2-3,6H,4-5,7H2,1H3,(H,14,15)(H,16,17). The number of thioether (sulfide) groups is 1. The number of aliphatic imine (C=N–C) groups is 1. The van der Waals surface area contributed by atoms with Crippen LogP contribution in [0.25, 0.3) is 0 Å². The highest BCUT2D eigenvalue weighted by Crippen LogP contribution is 2.22. The van der Waals surface area contributed by atoms with Gasteiger partial charge < -0.3 is 10.6 Å². The van der Waals surface area contributed by atoms with Crippen LogP contribution in [0.5, 0.6) is 0 Å². The molecule has 1 aromatic carbocycles. The molecule has 0 spiro atoms. The molecule has 0 saturated heterocycles. The largest absolute Gasteiger partial charge is 0.363 e. The highest BCUT2D eigenvalue weighted by Gasteiger charge is 2.10. The van der Waals surface area contributed by atoms with Crippen LogP contribution < -0.4 is 10.6 Å². The fourth-order valence-corrected chi connectivity index (χ4v) is 2.42. The molecule has 1 aliphatic heterocycles. The summed E-state index contributed by atoms with van der Waals surface area (Å²) in [5.41, 5.74) is 1.72. The lowest BCUT2D eigenvalue weighted by atomic mass is 10.2. The van der Waals surface area contributed by atoms with Gasteiger partial charge in [0.2, 0.25) is 5.91 Å². The maximum absolute atomic E-state index is 11.8. The molecular weight excluding hydrogens is 270 g/mol. The van der Waals surface area contributed by atoms with Crippen LogP contribution in [0, 0.1) is 6.92 Å². The van der Waals surface area contributed by atoms with Gasteiger partial charge in [-0.1, -0.05) is 29.4 Å². The van der Waals surface area contributed by atoms with Crippen LogP contribution in [0.1, 0.15) is 5.56 Å². The van der Waals surface area contributed by atoms with Crippen molar-refractivity contribution in [1.82, 2.24) is 5.32 Å². The van der Waals surface area contributed by atoms with E-state index in [2.05, 4.69) is 15.6 Å². The average molecular weight is 284 g/mol. The summed E-state index contributed by atoms with van der Waals surface area (Å²) < 4.78 is 0. The van der Waals surface area contributed by atoms with Gasteiger partial charge in [-0.3, -0.25) is 9.79 Å². The quantitative estimate of drug-likeness (QED) is 0.895. The van der Waals surface area contributed by atoms with Crippen LogP contribution in [0.4, 0.5) is 5.69 Å². The first kappa shape index (κ1) is 13.2. The van der Waals surface area contributed by atoms with Crippen molar-refractivity contribution in [3.63, 3.8) is 0 Å². The summed E-state index contributed by atoms with van der Waals surface area (Å²) in [6.45, 7) is 3.60. The van der Waals surface area contributed by atoms with Crippen LogP contribution >= 0.6 is 23.4 Å². The maximum Gasteiger partial charge on any atom is 0.234 e. The molecule has 0 bridgehead atoms. The summed E-state index contributed by atoms with van der Waals surface area (Å²) in [4.78, 5) is 16.0. The third-order valence-corrected chi connectivity index (χ3v) is 3.66. The number of carbonyl (C=O) groups excluding carboxylic acids is 1. The Kier molecular flexibility index (Phi) is 4.49. The van der Waals surface area contributed by atoms with E-state index in [-0.39, 0.29) is 5.91 Å². The highest BCUT2D eigenvalue weighted by atomic mass is 35.5. The fraction of sp³-hybridized carbons (Fsp3) is 0.333. The van der Waals surface area contributed by atoms with E-state index in [1.807, 2.05) is 19.1 Å². The van der Waals surface area contributed by atoms with E-state index in [1.54, 1.807) is 6.07 Å². The van der Waals surface area contributed by atoms with E-state index < -0.39 is 0 Å². The summed E-state index contributed by atoms with van der Waals surface area (Å²) in [6.07, 6.45) is 0.